The minimum absolute atomic E-state index is 0.0226. The number of benzene rings is 8. The maximum Gasteiger partial charge on any atom is 0.247 e. The van der Waals surface area contributed by atoms with Crippen LogP contribution < -0.4 is 26.0 Å². The Kier molecular flexibility index (Phi) is 9.12. The fraction of sp³-hybridized carbons (Fsp3) is 0.314. The summed E-state index contributed by atoms with van der Waals surface area (Å²) in [5.74, 6) is 1.91. The van der Waals surface area contributed by atoms with E-state index in [4.69, 9.17) is 4.74 Å². The van der Waals surface area contributed by atoms with Gasteiger partial charge in [0, 0.05) is 55.3 Å². The lowest BCUT2D eigenvalue weighted by atomic mass is 9.30. The van der Waals surface area contributed by atoms with E-state index < -0.39 is 5.41 Å². The summed E-state index contributed by atoms with van der Waals surface area (Å²) in [5, 5.41) is 5.11. The molecule has 2 aromatic heterocycles. The van der Waals surface area contributed by atoms with Gasteiger partial charge in [-0.15, -0.1) is 0 Å². The van der Waals surface area contributed by atoms with Gasteiger partial charge in [0.25, 0.3) is 0 Å². The Hall–Kier alpha value is -6.98. The fourth-order valence-corrected chi connectivity index (χ4v) is 14.5. The molecule has 4 aliphatic rings. The molecule has 75 heavy (non-hydrogen) atoms. The second-order valence-corrected chi connectivity index (χ2v) is 27.8. The molecule has 0 N–H and O–H groups in total. The van der Waals surface area contributed by atoms with Gasteiger partial charge >= 0.3 is 0 Å². The lowest BCUT2D eigenvalue weighted by Crippen LogP contribution is -2.64. The largest absolute Gasteiger partial charge is 0.453 e. The third-order valence-corrected chi connectivity index (χ3v) is 18.4. The highest BCUT2D eigenvalue weighted by Gasteiger charge is 2.49. The van der Waals surface area contributed by atoms with E-state index in [0.29, 0.717) is 0 Å². The van der Waals surface area contributed by atoms with Crippen molar-refractivity contribution in [1.29, 1.82) is 0 Å². The summed E-state index contributed by atoms with van der Waals surface area (Å²) in [4.78, 5) is 2.60. The molecule has 0 saturated carbocycles. The molecular weight excluding hydrogens is 910 g/mol. The zero-order valence-electron chi connectivity index (χ0n) is 46.8. The van der Waals surface area contributed by atoms with Crippen LogP contribution in [-0.4, -0.2) is 15.8 Å². The summed E-state index contributed by atoms with van der Waals surface area (Å²) in [6.45, 7) is 35.4. The average Bonchev–Trinajstić information content (AvgIpc) is 3.91. The topological polar surface area (TPSA) is 22.3 Å². The quantitative estimate of drug-likeness (QED) is 0.161. The maximum absolute atomic E-state index is 7.65. The van der Waals surface area contributed by atoms with Gasteiger partial charge in [-0.05, 0) is 151 Å². The maximum atomic E-state index is 7.65. The van der Waals surface area contributed by atoms with Gasteiger partial charge in [0.05, 0.1) is 27.8 Å². The predicted molar refractivity (Wildman–Crippen MR) is 320 cm³/mol. The van der Waals surface area contributed by atoms with Crippen LogP contribution in [0.15, 0.2) is 140 Å². The summed E-state index contributed by atoms with van der Waals surface area (Å²) in [5.41, 5.74) is 23.3. The molecule has 0 unspecified atom stereocenters. The van der Waals surface area contributed by atoms with Crippen LogP contribution >= 0.6 is 0 Å². The number of hydrogen-bond acceptors (Lipinski definition) is 2. The zero-order chi connectivity index (χ0) is 52.4. The summed E-state index contributed by atoms with van der Waals surface area (Å²) in [6, 6.07) is 55.4. The highest BCUT2D eigenvalue weighted by Crippen LogP contribution is 2.54. The first-order valence-corrected chi connectivity index (χ1v) is 27.6. The Balaban J connectivity index is 1.16. The fourth-order valence-electron chi connectivity index (χ4n) is 14.5. The minimum Gasteiger partial charge on any atom is -0.453 e. The van der Waals surface area contributed by atoms with E-state index in [9.17, 15) is 0 Å². The van der Waals surface area contributed by atoms with Crippen molar-refractivity contribution in [2.75, 3.05) is 4.90 Å². The first kappa shape index (κ1) is 46.5. The number of rotatable bonds is 2. The molecule has 0 amide bonds. The van der Waals surface area contributed by atoms with E-state index in [1.807, 2.05) is 0 Å². The highest BCUT2D eigenvalue weighted by atomic mass is 16.5. The minimum atomic E-state index is -0.422. The van der Waals surface area contributed by atoms with Gasteiger partial charge in [0.2, 0.25) is 6.71 Å². The third kappa shape index (κ3) is 6.42. The summed E-state index contributed by atoms with van der Waals surface area (Å²) in [7, 11) is 0. The van der Waals surface area contributed by atoms with Gasteiger partial charge in [-0.3, -0.25) is 0 Å². The summed E-state index contributed by atoms with van der Waals surface area (Å²) in [6.07, 6.45) is 0.971. The van der Waals surface area contributed by atoms with Crippen molar-refractivity contribution >= 4 is 83.8 Å². The molecule has 10 aromatic rings. The van der Waals surface area contributed by atoms with E-state index >= 15 is 0 Å². The normalized spacial score (nSPS) is 16.8. The van der Waals surface area contributed by atoms with Crippen molar-refractivity contribution in [2.24, 2.45) is 0 Å². The van der Waals surface area contributed by atoms with Crippen LogP contribution in [0.25, 0.3) is 55.0 Å². The van der Waals surface area contributed by atoms with Crippen molar-refractivity contribution in [3.63, 3.8) is 0 Å². The van der Waals surface area contributed by atoms with E-state index in [2.05, 4.69) is 257 Å². The molecule has 0 spiro atoms. The molecule has 4 aliphatic heterocycles. The molecule has 8 bridgehead atoms. The summed E-state index contributed by atoms with van der Waals surface area (Å²) < 4.78 is 12.7. The van der Waals surface area contributed by atoms with Crippen LogP contribution in [0.4, 0.5) is 17.1 Å². The first-order chi connectivity index (χ1) is 35.3. The van der Waals surface area contributed by atoms with E-state index in [1.54, 1.807) is 0 Å². The SMILES string of the molecule is CC(C)(C)c1ccc(N2c3cc4c5cc3B3c6cc7c8cc(ccc8n8c7c(c6C(C)(C)c6cccc2c63)Oc2cc(C(C)(C)C)ccc2-8)C(C)(C)CC(C)(C)c2ccc(c5c2)n4-c2ccc(C(C)(C)C)cc2)cc1. The number of ether oxygens (including phenoxy) is 1. The Labute approximate surface area is 444 Å². The monoisotopic (exact) mass is 980 g/mol. The lowest BCUT2D eigenvalue weighted by molar-refractivity contribution is 0.349. The molecule has 4 nitrogen and oxygen atoms in total. The molecule has 5 heteroatoms. The van der Waals surface area contributed by atoms with E-state index in [-0.39, 0.29) is 33.8 Å². The molecule has 0 radical (unpaired) electrons. The standard InChI is InChI=1S/C70H70BN3O/c1-65(2,3)40-19-26-45(27-20-40)72-54-30-24-43-33-47(54)49-36-52-59(38-58(49)72)73(46-28-21-41(22-29-46)66(4,5)6)57-18-16-17-51-62(57)71(52)53-37-50-48-34-44(69(12,13)39-68(43,10)11)25-31-55(48)74-56-32-23-42(67(7,8)9)35-60(56)75-64(63(50)74)61(53)70(51,14)15/h16-38H,39H2,1-15H3. The molecule has 0 fully saturated rings. The Morgan fingerprint density at radius 1 is 0.467 bits per heavy atom. The van der Waals surface area contributed by atoms with E-state index in [0.717, 1.165) is 23.6 Å². The molecular formula is C70H70BN3O. The van der Waals surface area contributed by atoms with Crippen LogP contribution in [0.5, 0.6) is 11.5 Å². The van der Waals surface area contributed by atoms with Gasteiger partial charge in [-0.25, -0.2) is 0 Å². The number of nitrogens with zero attached hydrogens (tertiary/aromatic N) is 3. The highest BCUT2D eigenvalue weighted by molar-refractivity contribution is 6.99. The molecule has 6 heterocycles. The number of hydrogen-bond donors (Lipinski definition) is 0. The Morgan fingerprint density at radius 2 is 1.01 bits per heavy atom. The number of anilines is 3. The van der Waals surface area contributed by atoms with Crippen LogP contribution in [0.2, 0.25) is 0 Å². The molecule has 0 saturated heterocycles. The van der Waals surface area contributed by atoms with Crippen molar-refractivity contribution in [3.8, 4) is 22.9 Å². The average molecular weight is 980 g/mol. The van der Waals surface area contributed by atoms with Crippen LogP contribution in [-0.2, 0) is 32.5 Å². The van der Waals surface area contributed by atoms with Crippen molar-refractivity contribution < 1.29 is 4.74 Å². The van der Waals surface area contributed by atoms with Gasteiger partial charge in [0.15, 0.2) is 11.5 Å². The first-order valence-electron chi connectivity index (χ1n) is 27.6. The lowest BCUT2D eigenvalue weighted by Gasteiger charge is -2.46. The zero-order valence-corrected chi connectivity index (χ0v) is 46.8. The van der Waals surface area contributed by atoms with Crippen LogP contribution in [0.3, 0.4) is 0 Å². The number of aromatic nitrogens is 2. The van der Waals surface area contributed by atoms with Crippen LogP contribution in [0.1, 0.15) is 149 Å². The van der Waals surface area contributed by atoms with Crippen molar-refractivity contribution in [1.82, 2.24) is 9.13 Å². The Bertz CT molecular complexity index is 4140. The molecule has 14 rings (SSSR count). The summed E-state index contributed by atoms with van der Waals surface area (Å²) >= 11 is 0. The molecule has 8 aromatic carbocycles. The van der Waals surface area contributed by atoms with Crippen molar-refractivity contribution in [3.05, 3.63) is 178 Å². The van der Waals surface area contributed by atoms with Gasteiger partial charge in [0.1, 0.15) is 0 Å². The van der Waals surface area contributed by atoms with Gasteiger partial charge < -0.3 is 18.8 Å². The third-order valence-electron chi connectivity index (χ3n) is 18.4. The molecule has 0 atom stereocenters. The van der Waals surface area contributed by atoms with Gasteiger partial charge in [-0.2, -0.15) is 0 Å². The smallest absolute Gasteiger partial charge is 0.247 e. The van der Waals surface area contributed by atoms with E-state index in [1.165, 1.54) is 122 Å². The van der Waals surface area contributed by atoms with Gasteiger partial charge in [-0.1, -0.05) is 176 Å². The van der Waals surface area contributed by atoms with Crippen LogP contribution in [0, 0.1) is 0 Å². The number of fused-ring (bicyclic) bond motifs is 6. The predicted octanol–water partition coefficient (Wildman–Crippen LogP) is 16.8. The molecule has 374 valence electrons. The molecule has 0 aliphatic carbocycles. The Morgan fingerprint density at radius 3 is 1.63 bits per heavy atom. The second kappa shape index (κ2) is 14.7. The second-order valence-electron chi connectivity index (χ2n) is 27.8. The van der Waals surface area contributed by atoms with Crippen molar-refractivity contribution in [2.45, 2.75) is 143 Å².